The number of nitrogens with zero attached hydrogens (tertiary/aromatic N) is 2. The Morgan fingerprint density at radius 2 is 2.00 bits per heavy atom. The molecule has 0 saturated carbocycles. The third-order valence-electron chi connectivity index (χ3n) is 1.69. The average Bonchev–Trinajstić information content (AvgIpc) is 2.44. The Morgan fingerprint density at radius 1 is 1.44 bits per heavy atom. The van der Waals surface area contributed by atoms with Crippen molar-refractivity contribution in [1.29, 1.82) is 0 Å². The molecule has 88 valence electrons. The van der Waals surface area contributed by atoms with E-state index < -0.39 is 17.7 Å². The molecule has 0 aromatic carbocycles. The van der Waals surface area contributed by atoms with Crippen molar-refractivity contribution in [3.8, 4) is 0 Å². The third-order valence-corrected chi connectivity index (χ3v) is 1.69. The molecule has 0 spiro atoms. The van der Waals surface area contributed by atoms with E-state index in [4.69, 9.17) is 9.84 Å². The lowest BCUT2D eigenvalue weighted by molar-refractivity contribution is 0.0533. The first-order chi connectivity index (χ1) is 7.20. The summed E-state index contributed by atoms with van der Waals surface area (Å²) >= 11 is 0. The molecule has 0 aliphatic carbocycles. The zero-order valence-electron chi connectivity index (χ0n) is 9.64. The van der Waals surface area contributed by atoms with Crippen molar-refractivity contribution in [1.82, 2.24) is 9.55 Å². The van der Waals surface area contributed by atoms with E-state index in [-0.39, 0.29) is 11.5 Å². The summed E-state index contributed by atoms with van der Waals surface area (Å²) in [5.74, 6) is -0.892. The van der Waals surface area contributed by atoms with Crippen LogP contribution < -0.4 is 0 Å². The molecule has 1 N–H and O–H groups in total. The molecular weight excluding hydrogens is 212 g/mol. The van der Waals surface area contributed by atoms with Gasteiger partial charge < -0.3 is 9.84 Å². The molecule has 0 saturated heterocycles. The van der Waals surface area contributed by atoms with E-state index in [1.165, 1.54) is 6.92 Å². The Balaban J connectivity index is 2.96. The fourth-order valence-corrected chi connectivity index (χ4v) is 1.07. The molecule has 1 heterocycles. The second-order valence-electron chi connectivity index (χ2n) is 4.33. The Kier molecular flexibility index (Phi) is 3.02. The number of rotatable bonds is 1. The monoisotopic (exact) mass is 226 g/mol. The minimum absolute atomic E-state index is 0.177. The van der Waals surface area contributed by atoms with Gasteiger partial charge in [-0.15, -0.1) is 0 Å². The van der Waals surface area contributed by atoms with E-state index in [2.05, 4.69) is 4.98 Å². The molecule has 0 amide bonds. The molecule has 0 bridgehead atoms. The molecule has 0 radical (unpaired) electrons. The first-order valence-electron chi connectivity index (χ1n) is 4.73. The molecule has 0 atom stereocenters. The highest BCUT2D eigenvalue weighted by molar-refractivity contribution is 5.86. The summed E-state index contributed by atoms with van der Waals surface area (Å²) in [6.45, 7) is 6.73. The van der Waals surface area contributed by atoms with E-state index in [0.717, 1.165) is 10.8 Å². The van der Waals surface area contributed by atoms with Gasteiger partial charge in [-0.2, -0.15) is 0 Å². The first kappa shape index (κ1) is 12.2. The van der Waals surface area contributed by atoms with Crippen LogP contribution in [0.2, 0.25) is 0 Å². The maximum Gasteiger partial charge on any atom is 0.420 e. The molecular formula is C10H14N2O4. The van der Waals surface area contributed by atoms with Gasteiger partial charge in [-0.25, -0.2) is 19.1 Å². The number of aromatic carboxylic acids is 1. The number of carboxylic acids is 1. The Hall–Kier alpha value is -1.85. The van der Waals surface area contributed by atoms with Gasteiger partial charge in [-0.05, 0) is 27.7 Å². The van der Waals surface area contributed by atoms with E-state index in [1.54, 1.807) is 20.8 Å². The van der Waals surface area contributed by atoms with Crippen LogP contribution in [-0.4, -0.2) is 32.3 Å². The number of imidazole rings is 1. The van der Waals surface area contributed by atoms with Crippen LogP contribution in [0.15, 0.2) is 6.20 Å². The van der Waals surface area contributed by atoms with Crippen molar-refractivity contribution in [2.45, 2.75) is 33.3 Å². The van der Waals surface area contributed by atoms with Crippen molar-refractivity contribution >= 4 is 12.1 Å². The highest BCUT2D eigenvalue weighted by Crippen LogP contribution is 2.11. The number of carboxylic acid groups (broad SMARTS) is 1. The van der Waals surface area contributed by atoms with Gasteiger partial charge in [0.1, 0.15) is 11.4 Å². The lowest BCUT2D eigenvalue weighted by Crippen LogP contribution is -2.27. The largest absolute Gasteiger partial charge is 0.476 e. The minimum Gasteiger partial charge on any atom is -0.476 e. The molecule has 6 heteroatoms. The maximum absolute atomic E-state index is 11.6. The molecule has 6 nitrogen and oxygen atoms in total. The zero-order chi connectivity index (χ0) is 12.5. The number of hydrogen-bond donors (Lipinski definition) is 1. The standard InChI is InChI=1S/C10H14N2O4/c1-6-11-7(8(13)14)5-12(6)9(15)16-10(2,3)4/h5H,1-4H3,(H,13,14). The normalized spacial score (nSPS) is 11.2. The van der Waals surface area contributed by atoms with Crippen molar-refractivity contribution in [3.63, 3.8) is 0 Å². The highest BCUT2D eigenvalue weighted by Gasteiger charge is 2.21. The summed E-state index contributed by atoms with van der Waals surface area (Å²) in [5, 5.41) is 8.71. The summed E-state index contributed by atoms with van der Waals surface area (Å²) in [4.78, 5) is 26.0. The number of carbonyl (C=O) groups excluding carboxylic acids is 1. The van der Waals surface area contributed by atoms with Crippen LogP contribution in [0, 0.1) is 6.92 Å². The van der Waals surface area contributed by atoms with Gasteiger partial charge in [0.05, 0.1) is 6.20 Å². The van der Waals surface area contributed by atoms with Crippen molar-refractivity contribution in [3.05, 3.63) is 17.7 Å². The van der Waals surface area contributed by atoms with Crippen LogP contribution in [-0.2, 0) is 4.74 Å². The predicted molar refractivity (Wildman–Crippen MR) is 55.6 cm³/mol. The van der Waals surface area contributed by atoms with Crippen LogP contribution in [0.4, 0.5) is 4.79 Å². The number of aromatic nitrogens is 2. The van der Waals surface area contributed by atoms with Gasteiger partial charge in [0.2, 0.25) is 0 Å². The Morgan fingerprint density at radius 3 is 2.38 bits per heavy atom. The molecule has 16 heavy (non-hydrogen) atoms. The van der Waals surface area contributed by atoms with Crippen molar-refractivity contribution < 1.29 is 19.4 Å². The lowest BCUT2D eigenvalue weighted by atomic mass is 10.2. The van der Waals surface area contributed by atoms with Crippen LogP contribution in [0.3, 0.4) is 0 Å². The SMILES string of the molecule is Cc1nc(C(=O)O)cn1C(=O)OC(C)(C)C. The van der Waals surface area contributed by atoms with Gasteiger partial charge >= 0.3 is 12.1 Å². The summed E-state index contributed by atoms with van der Waals surface area (Å²) < 4.78 is 6.17. The van der Waals surface area contributed by atoms with Gasteiger partial charge in [-0.1, -0.05) is 0 Å². The van der Waals surface area contributed by atoms with Crippen LogP contribution >= 0.6 is 0 Å². The zero-order valence-corrected chi connectivity index (χ0v) is 9.64. The van der Waals surface area contributed by atoms with E-state index in [9.17, 15) is 9.59 Å². The minimum atomic E-state index is -1.18. The molecule has 1 aromatic rings. The van der Waals surface area contributed by atoms with E-state index >= 15 is 0 Å². The third kappa shape index (κ3) is 2.82. The fourth-order valence-electron chi connectivity index (χ4n) is 1.07. The molecule has 1 aromatic heterocycles. The van der Waals surface area contributed by atoms with Gasteiger partial charge in [-0.3, -0.25) is 0 Å². The quantitative estimate of drug-likeness (QED) is 0.787. The molecule has 0 fully saturated rings. The maximum atomic E-state index is 11.6. The number of ether oxygens (including phenoxy) is 1. The predicted octanol–water partition coefficient (Wildman–Crippen LogP) is 1.67. The second kappa shape index (κ2) is 3.96. The van der Waals surface area contributed by atoms with Crippen LogP contribution in [0.5, 0.6) is 0 Å². The lowest BCUT2D eigenvalue weighted by Gasteiger charge is -2.19. The summed E-state index contributed by atoms with van der Waals surface area (Å²) in [5.41, 5.74) is -0.805. The Bertz CT molecular complexity index is 429. The summed E-state index contributed by atoms with van der Waals surface area (Å²) in [7, 11) is 0. The van der Waals surface area contributed by atoms with Gasteiger partial charge in [0, 0.05) is 0 Å². The topological polar surface area (TPSA) is 81.4 Å². The smallest absolute Gasteiger partial charge is 0.420 e. The summed E-state index contributed by atoms with van der Waals surface area (Å²) in [6.07, 6.45) is 0.510. The van der Waals surface area contributed by atoms with Gasteiger partial charge in [0.15, 0.2) is 5.69 Å². The second-order valence-corrected chi connectivity index (χ2v) is 4.33. The first-order valence-corrected chi connectivity index (χ1v) is 4.73. The molecule has 1 rings (SSSR count). The average molecular weight is 226 g/mol. The van der Waals surface area contributed by atoms with E-state index in [1.807, 2.05) is 0 Å². The van der Waals surface area contributed by atoms with E-state index in [0.29, 0.717) is 0 Å². The van der Waals surface area contributed by atoms with Crippen molar-refractivity contribution in [2.24, 2.45) is 0 Å². The fraction of sp³-hybridized carbons (Fsp3) is 0.500. The van der Waals surface area contributed by atoms with Gasteiger partial charge in [0.25, 0.3) is 0 Å². The number of aryl methyl sites for hydroxylation is 1. The van der Waals surface area contributed by atoms with Crippen LogP contribution in [0.25, 0.3) is 0 Å². The molecule has 0 aliphatic heterocycles. The summed E-state index contributed by atoms with van der Waals surface area (Å²) in [6, 6.07) is 0. The van der Waals surface area contributed by atoms with Crippen molar-refractivity contribution in [2.75, 3.05) is 0 Å². The number of hydrogen-bond acceptors (Lipinski definition) is 4. The Labute approximate surface area is 92.9 Å². The molecule has 0 unspecified atom stereocenters. The highest BCUT2D eigenvalue weighted by atomic mass is 16.6. The number of carbonyl (C=O) groups is 2. The molecule has 0 aliphatic rings. The van der Waals surface area contributed by atoms with Crippen LogP contribution in [0.1, 0.15) is 37.1 Å².